The number of esters is 3. The Labute approximate surface area is 268 Å². The fourth-order valence-corrected chi connectivity index (χ4v) is 4.79. The van der Waals surface area contributed by atoms with E-state index >= 15 is 0 Å². The molecule has 3 aromatic rings. The van der Waals surface area contributed by atoms with Crippen LogP contribution in [0.3, 0.4) is 0 Å². The van der Waals surface area contributed by atoms with Crippen LogP contribution in [0.15, 0.2) is 72.8 Å². The van der Waals surface area contributed by atoms with Crippen LogP contribution in [-0.2, 0) is 14.3 Å². The molecule has 1 atom stereocenters. The smallest absolute Gasteiger partial charge is 0.347 e. The highest BCUT2D eigenvalue weighted by Gasteiger charge is 2.23. The van der Waals surface area contributed by atoms with Crippen LogP contribution in [0.5, 0.6) is 11.5 Å². The summed E-state index contributed by atoms with van der Waals surface area (Å²) in [6.45, 7) is 8.30. The van der Waals surface area contributed by atoms with E-state index in [1.165, 1.54) is 76.1 Å². The quantitative estimate of drug-likeness (QED) is 0.0753. The minimum absolute atomic E-state index is 0.204. The summed E-state index contributed by atoms with van der Waals surface area (Å²) in [6.07, 6.45) is 10.3. The maximum atomic E-state index is 12.7. The molecular weight excluding hydrogens is 568 g/mol. The topological polar surface area (TPSA) is 88.1 Å². The maximum Gasteiger partial charge on any atom is 0.347 e. The standard InChI is InChI=1S/C38H48O7/c1-5-8-9-10-11-12-13-14-27-42-34-23-19-30(20-24-34)29-15-17-31(18-16-29)38(41)45-35-25-21-32(22-26-35)37(40)43-28(4)36(39)44-33(6-2)7-3/h15-26,28,33H,5-14,27H2,1-4H3. The highest BCUT2D eigenvalue weighted by Crippen LogP contribution is 2.24. The van der Waals surface area contributed by atoms with Crippen molar-refractivity contribution in [3.63, 3.8) is 0 Å². The fourth-order valence-electron chi connectivity index (χ4n) is 4.79. The van der Waals surface area contributed by atoms with E-state index in [0.29, 0.717) is 18.4 Å². The summed E-state index contributed by atoms with van der Waals surface area (Å²) in [5, 5.41) is 0. The molecule has 45 heavy (non-hydrogen) atoms. The molecular formula is C38H48O7. The largest absolute Gasteiger partial charge is 0.494 e. The number of rotatable bonds is 19. The highest BCUT2D eigenvalue weighted by molar-refractivity contribution is 5.93. The molecule has 0 radical (unpaired) electrons. The van der Waals surface area contributed by atoms with Gasteiger partial charge >= 0.3 is 17.9 Å². The van der Waals surface area contributed by atoms with Gasteiger partial charge in [-0.2, -0.15) is 0 Å². The average Bonchev–Trinajstić information content (AvgIpc) is 3.07. The van der Waals surface area contributed by atoms with Crippen molar-refractivity contribution >= 4 is 17.9 Å². The highest BCUT2D eigenvalue weighted by atomic mass is 16.6. The molecule has 0 saturated heterocycles. The van der Waals surface area contributed by atoms with Gasteiger partial charge in [0.2, 0.25) is 0 Å². The number of carbonyl (C=O) groups is 3. The van der Waals surface area contributed by atoms with Gasteiger partial charge in [0.25, 0.3) is 0 Å². The third-order valence-corrected chi connectivity index (χ3v) is 7.68. The molecule has 0 amide bonds. The minimum atomic E-state index is -1.03. The second kappa shape index (κ2) is 19.3. The second-order valence-corrected chi connectivity index (χ2v) is 11.3. The summed E-state index contributed by atoms with van der Waals surface area (Å²) in [4.78, 5) is 37.4. The van der Waals surface area contributed by atoms with E-state index in [0.717, 1.165) is 29.9 Å². The predicted octanol–water partition coefficient (Wildman–Crippen LogP) is 9.37. The molecule has 7 heteroatoms. The number of ether oxygens (including phenoxy) is 4. The van der Waals surface area contributed by atoms with Gasteiger partial charge in [0.05, 0.1) is 17.7 Å². The first-order valence-electron chi connectivity index (χ1n) is 16.4. The summed E-state index contributed by atoms with van der Waals surface area (Å²) in [5.74, 6) is -0.622. The maximum absolute atomic E-state index is 12.7. The Morgan fingerprint density at radius 1 is 0.578 bits per heavy atom. The number of hydrogen-bond acceptors (Lipinski definition) is 7. The van der Waals surface area contributed by atoms with E-state index < -0.39 is 24.0 Å². The van der Waals surface area contributed by atoms with E-state index in [2.05, 4.69) is 6.92 Å². The summed E-state index contributed by atoms with van der Waals surface area (Å²) >= 11 is 0. The van der Waals surface area contributed by atoms with Crippen molar-refractivity contribution in [2.75, 3.05) is 6.61 Å². The Morgan fingerprint density at radius 2 is 1.07 bits per heavy atom. The van der Waals surface area contributed by atoms with Crippen LogP contribution < -0.4 is 9.47 Å². The van der Waals surface area contributed by atoms with Crippen LogP contribution in [0, 0.1) is 0 Å². The third-order valence-electron chi connectivity index (χ3n) is 7.68. The van der Waals surface area contributed by atoms with Gasteiger partial charge in [-0.1, -0.05) is 90.0 Å². The van der Waals surface area contributed by atoms with Crippen molar-refractivity contribution in [1.82, 2.24) is 0 Å². The van der Waals surface area contributed by atoms with Crippen LogP contribution in [-0.4, -0.2) is 36.7 Å². The number of hydrogen-bond donors (Lipinski definition) is 0. The fraction of sp³-hybridized carbons (Fsp3) is 0.447. The molecule has 0 aliphatic rings. The molecule has 0 bridgehead atoms. The van der Waals surface area contributed by atoms with Crippen LogP contribution in [0.1, 0.15) is 113 Å². The molecule has 0 fully saturated rings. The average molecular weight is 617 g/mol. The lowest BCUT2D eigenvalue weighted by Crippen LogP contribution is -2.29. The number of benzene rings is 3. The van der Waals surface area contributed by atoms with Gasteiger partial charge in [-0.05, 0) is 85.8 Å². The lowest BCUT2D eigenvalue weighted by molar-refractivity contribution is -0.158. The number of unbranched alkanes of at least 4 members (excludes halogenated alkanes) is 7. The minimum Gasteiger partial charge on any atom is -0.494 e. The van der Waals surface area contributed by atoms with Gasteiger partial charge in [-0.25, -0.2) is 14.4 Å². The van der Waals surface area contributed by atoms with E-state index in [1.807, 2.05) is 50.2 Å². The zero-order valence-electron chi connectivity index (χ0n) is 27.2. The molecule has 242 valence electrons. The zero-order valence-corrected chi connectivity index (χ0v) is 27.2. The van der Waals surface area contributed by atoms with Crippen molar-refractivity contribution in [2.45, 2.75) is 104 Å². The molecule has 0 N–H and O–H groups in total. The Morgan fingerprint density at radius 3 is 1.64 bits per heavy atom. The molecule has 0 aliphatic heterocycles. The van der Waals surface area contributed by atoms with Crippen molar-refractivity contribution in [1.29, 1.82) is 0 Å². The van der Waals surface area contributed by atoms with Crippen LogP contribution in [0.25, 0.3) is 11.1 Å². The van der Waals surface area contributed by atoms with Crippen LogP contribution in [0.4, 0.5) is 0 Å². The summed E-state index contributed by atoms with van der Waals surface area (Å²) < 4.78 is 22.0. The molecule has 0 aliphatic carbocycles. The molecule has 0 aromatic heterocycles. The van der Waals surface area contributed by atoms with Gasteiger partial charge in [0.15, 0.2) is 6.10 Å². The first kappa shape index (κ1) is 35.4. The van der Waals surface area contributed by atoms with E-state index in [-0.39, 0.29) is 17.4 Å². The van der Waals surface area contributed by atoms with Crippen molar-refractivity contribution < 1.29 is 33.3 Å². The van der Waals surface area contributed by atoms with Crippen molar-refractivity contribution in [2.24, 2.45) is 0 Å². The number of carbonyl (C=O) groups excluding carboxylic acids is 3. The monoisotopic (exact) mass is 616 g/mol. The van der Waals surface area contributed by atoms with Crippen molar-refractivity contribution in [3.05, 3.63) is 83.9 Å². The van der Waals surface area contributed by atoms with Crippen molar-refractivity contribution in [3.8, 4) is 22.6 Å². The Kier molecular flexibility index (Phi) is 15.2. The van der Waals surface area contributed by atoms with E-state index in [1.54, 1.807) is 12.1 Å². The van der Waals surface area contributed by atoms with Gasteiger partial charge in [-0.3, -0.25) is 0 Å². The van der Waals surface area contributed by atoms with Gasteiger partial charge < -0.3 is 18.9 Å². The lowest BCUT2D eigenvalue weighted by atomic mass is 10.0. The molecule has 7 nitrogen and oxygen atoms in total. The molecule has 3 aromatic carbocycles. The Balaban J connectivity index is 1.43. The molecule has 1 unspecified atom stereocenters. The first-order valence-corrected chi connectivity index (χ1v) is 16.4. The predicted molar refractivity (Wildman–Crippen MR) is 177 cm³/mol. The second-order valence-electron chi connectivity index (χ2n) is 11.3. The summed E-state index contributed by atoms with van der Waals surface area (Å²) in [5.41, 5.74) is 2.63. The summed E-state index contributed by atoms with van der Waals surface area (Å²) in [6, 6.07) is 21.2. The van der Waals surface area contributed by atoms with E-state index in [4.69, 9.17) is 18.9 Å². The molecule has 0 heterocycles. The van der Waals surface area contributed by atoms with Gasteiger partial charge in [-0.15, -0.1) is 0 Å². The lowest BCUT2D eigenvalue weighted by Gasteiger charge is -2.18. The summed E-state index contributed by atoms with van der Waals surface area (Å²) in [7, 11) is 0. The zero-order chi connectivity index (χ0) is 32.4. The third kappa shape index (κ3) is 12.1. The van der Waals surface area contributed by atoms with Gasteiger partial charge in [0, 0.05) is 0 Å². The Bertz CT molecular complexity index is 1310. The van der Waals surface area contributed by atoms with Crippen LogP contribution in [0.2, 0.25) is 0 Å². The van der Waals surface area contributed by atoms with Gasteiger partial charge in [0.1, 0.15) is 17.6 Å². The first-order chi connectivity index (χ1) is 21.8. The van der Waals surface area contributed by atoms with Crippen LogP contribution >= 0.6 is 0 Å². The molecule has 3 rings (SSSR count). The Hall–Kier alpha value is -4.13. The SMILES string of the molecule is CCCCCCCCCCOc1ccc(-c2ccc(C(=O)Oc3ccc(C(=O)OC(C)C(=O)OC(CC)CC)cc3)cc2)cc1. The van der Waals surface area contributed by atoms with E-state index in [9.17, 15) is 14.4 Å². The molecule has 0 saturated carbocycles. The normalized spacial score (nSPS) is 11.6. The molecule has 0 spiro atoms.